The number of carbonyl (C=O) groups is 1. The van der Waals surface area contributed by atoms with Crippen molar-refractivity contribution < 1.29 is 4.79 Å². The molecule has 0 amide bonds. The number of benzene rings is 1. The molecule has 1 atom stereocenters. The summed E-state index contributed by atoms with van der Waals surface area (Å²) in [4.78, 5) is 12.1. The van der Waals surface area contributed by atoms with Crippen LogP contribution in [-0.4, -0.2) is 12.3 Å². The molecule has 1 rings (SSSR count). The lowest BCUT2D eigenvalue weighted by Crippen LogP contribution is -2.26. The largest absolute Gasteiger partial charge is 0.330 e. The van der Waals surface area contributed by atoms with Gasteiger partial charge in [0.25, 0.3) is 0 Å². The van der Waals surface area contributed by atoms with Gasteiger partial charge in [0.05, 0.1) is 0 Å². The third kappa shape index (κ3) is 4.70. The molecule has 0 aromatic heterocycles. The van der Waals surface area contributed by atoms with E-state index in [-0.39, 0.29) is 11.7 Å². The van der Waals surface area contributed by atoms with Gasteiger partial charge in [0, 0.05) is 18.9 Å². The Morgan fingerprint density at radius 2 is 2.06 bits per heavy atom. The van der Waals surface area contributed by atoms with Crippen molar-refractivity contribution in [3.05, 3.63) is 35.4 Å². The zero-order valence-corrected chi connectivity index (χ0v) is 11.1. The molecule has 2 nitrogen and oxygen atoms in total. The van der Waals surface area contributed by atoms with Crippen LogP contribution in [0, 0.1) is 18.8 Å². The summed E-state index contributed by atoms with van der Waals surface area (Å²) in [5, 5.41) is 0. The van der Waals surface area contributed by atoms with Gasteiger partial charge in [-0.1, -0.05) is 43.7 Å². The van der Waals surface area contributed by atoms with Crippen LogP contribution in [0.3, 0.4) is 0 Å². The van der Waals surface area contributed by atoms with Crippen LogP contribution in [-0.2, 0) is 11.2 Å². The molecule has 94 valence electrons. The Labute approximate surface area is 104 Å². The number of Topliss-reactive ketones (excluding diaryl/α,β-unsaturated/α-hetero) is 1. The minimum atomic E-state index is 0.00973. The lowest BCUT2D eigenvalue weighted by atomic mass is 9.90. The van der Waals surface area contributed by atoms with Gasteiger partial charge in [0.1, 0.15) is 5.78 Å². The van der Waals surface area contributed by atoms with Crippen molar-refractivity contribution in [3.63, 3.8) is 0 Å². The molecule has 17 heavy (non-hydrogen) atoms. The maximum absolute atomic E-state index is 12.1. The quantitative estimate of drug-likeness (QED) is 0.821. The summed E-state index contributed by atoms with van der Waals surface area (Å²) in [5.41, 5.74) is 7.98. The fourth-order valence-corrected chi connectivity index (χ4v) is 2.10. The molecule has 2 heteroatoms. The highest BCUT2D eigenvalue weighted by molar-refractivity contribution is 5.83. The molecule has 1 unspecified atom stereocenters. The topological polar surface area (TPSA) is 43.1 Å². The number of aryl methyl sites for hydroxylation is 1. The summed E-state index contributed by atoms with van der Waals surface area (Å²) in [6.07, 6.45) is 1.40. The molecule has 0 aliphatic carbocycles. The van der Waals surface area contributed by atoms with Gasteiger partial charge in [-0.25, -0.2) is 0 Å². The summed E-state index contributed by atoms with van der Waals surface area (Å²) >= 11 is 0. The zero-order valence-electron chi connectivity index (χ0n) is 11.1. The summed E-state index contributed by atoms with van der Waals surface area (Å²) in [6, 6.07) is 8.12. The molecule has 0 bridgehead atoms. The Morgan fingerprint density at radius 1 is 1.35 bits per heavy atom. The molecule has 0 aliphatic heterocycles. The van der Waals surface area contributed by atoms with Crippen molar-refractivity contribution in [2.24, 2.45) is 17.6 Å². The second-order valence-electron chi connectivity index (χ2n) is 5.19. The van der Waals surface area contributed by atoms with Crippen LogP contribution in [0.4, 0.5) is 0 Å². The van der Waals surface area contributed by atoms with Gasteiger partial charge >= 0.3 is 0 Å². The first-order valence-corrected chi connectivity index (χ1v) is 6.31. The van der Waals surface area contributed by atoms with Crippen LogP contribution in [0.1, 0.15) is 31.4 Å². The van der Waals surface area contributed by atoms with E-state index in [9.17, 15) is 4.79 Å². The Morgan fingerprint density at radius 3 is 2.59 bits per heavy atom. The normalized spacial score (nSPS) is 12.8. The van der Waals surface area contributed by atoms with Gasteiger partial charge in [0.2, 0.25) is 0 Å². The van der Waals surface area contributed by atoms with E-state index in [4.69, 9.17) is 5.73 Å². The highest BCUT2D eigenvalue weighted by Gasteiger charge is 2.18. The van der Waals surface area contributed by atoms with Crippen molar-refractivity contribution >= 4 is 5.78 Å². The first-order chi connectivity index (χ1) is 8.02. The molecule has 0 spiro atoms. The lowest BCUT2D eigenvalue weighted by Gasteiger charge is -2.15. The molecule has 2 N–H and O–H groups in total. The molecule has 0 saturated carbocycles. The van der Waals surface area contributed by atoms with E-state index < -0.39 is 0 Å². The lowest BCUT2D eigenvalue weighted by molar-refractivity contribution is -0.122. The molecule has 0 heterocycles. The van der Waals surface area contributed by atoms with E-state index in [2.05, 4.69) is 19.9 Å². The van der Waals surface area contributed by atoms with Crippen molar-refractivity contribution in [2.45, 2.75) is 33.6 Å². The van der Waals surface area contributed by atoms with Crippen LogP contribution in [0.15, 0.2) is 24.3 Å². The molecule has 1 aromatic carbocycles. The first kappa shape index (κ1) is 13.9. The predicted octanol–water partition coefficient (Wildman–Crippen LogP) is 2.73. The third-order valence-corrected chi connectivity index (χ3v) is 2.96. The van der Waals surface area contributed by atoms with Crippen LogP contribution < -0.4 is 5.73 Å². The minimum Gasteiger partial charge on any atom is -0.330 e. The number of nitrogens with two attached hydrogens (primary N) is 1. The number of hydrogen-bond acceptors (Lipinski definition) is 2. The zero-order chi connectivity index (χ0) is 12.8. The molecule has 1 aromatic rings. The van der Waals surface area contributed by atoms with Gasteiger partial charge in [-0.3, -0.25) is 4.79 Å². The van der Waals surface area contributed by atoms with Crippen molar-refractivity contribution in [3.8, 4) is 0 Å². The third-order valence-electron chi connectivity index (χ3n) is 2.96. The SMILES string of the molecule is Cc1cccc(CC(=O)C(CN)CC(C)C)c1. The molecular weight excluding hydrogens is 210 g/mol. The molecule has 0 saturated heterocycles. The van der Waals surface area contributed by atoms with Crippen LogP contribution in [0.2, 0.25) is 0 Å². The Hall–Kier alpha value is -1.15. The van der Waals surface area contributed by atoms with Crippen LogP contribution in [0.25, 0.3) is 0 Å². The molecule has 0 radical (unpaired) electrons. The standard InChI is InChI=1S/C15H23NO/c1-11(2)7-14(10-16)15(17)9-13-6-4-5-12(3)8-13/h4-6,8,11,14H,7,9-10,16H2,1-3H3. The van der Waals surface area contributed by atoms with E-state index >= 15 is 0 Å². The van der Waals surface area contributed by atoms with E-state index in [0.717, 1.165) is 12.0 Å². The molecule has 0 aliphatic rings. The minimum absolute atomic E-state index is 0.00973. The van der Waals surface area contributed by atoms with E-state index in [1.165, 1.54) is 5.56 Å². The van der Waals surface area contributed by atoms with E-state index in [1.54, 1.807) is 0 Å². The maximum atomic E-state index is 12.1. The first-order valence-electron chi connectivity index (χ1n) is 6.31. The summed E-state index contributed by atoms with van der Waals surface area (Å²) in [6.45, 7) is 6.76. The Bertz CT molecular complexity index is 371. The second kappa shape index (κ2) is 6.55. The van der Waals surface area contributed by atoms with E-state index in [1.807, 2.05) is 25.1 Å². The summed E-state index contributed by atoms with van der Waals surface area (Å²) < 4.78 is 0. The fourth-order valence-electron chi connectivity index (χ4n) is 2.10. The summed E-state index contributed by atoms with van der Waals surface area (Å²) in [5.74, 6) is 0.798. The van der Waals surface area contributed by atoms with Gasteiger partial charge in [-0.2, -0.15) is 0 Å². The van der Waals surface area contributed by atoms with Gasteiger partial charge in [0.15, 0.2) is 0 Å². The van der Waals surface area contributed by atoms with Crippen molar-refractivity contribution in [2.75, 3.05) is 6.54 Å². The average molecular weight is 233 g/mol. The van der Waals surface area contributed by atoms with E-state index in [0.29, 0.717) is 18.9 Å². The highest BCUT2D eigenvalue weighted by Crippen LogP contribution is 2.15. The Kier molecular flexibility index (Phi) is 5.36. The number of ketones is 1. The van der Waals surface area contributed by atoms with Gasteiger partial charge in [-0.15, -0.1) is 0 Å². The molecular formula is C15H23NO. The number of rotatable bonds is 6. The van der Waals surface area contributed by atoms with Crippen molar-refractivity contribution in [1.29, 1.82) is 0 Å². The molecule has 0 fully saturated rings. The van der Waals surface area contributed by atoms with Crippen LogP contribution in [0.5, 0.6) is 0 Å². The highest BCUT2D eigenvalue weighted by atomic mass is 16.1. The van der Waals surface area contributed by atoms with Gasteiger partial charge in [-0.05, 0) is 24.8 Å². The smallest absolute Gasteiger partial charge is 0.141 e. The number of hydrogen-bond donors (Lipinski definition) is 1. The monoisotopic (exact) mass is 233 g/mol. The fraction of sp³-hybridized carbons (Fsp3) is 0.533. The summed E-state index contributed by atoms with van der Waals surface area (Å²) in [7, 11) is 0. The second-order valence-corrected chi connectivity index (χ2v) is 5.19. The average Bonchev–Trinajstić information content (AvgIpc) is 2.25. The number of carbonyl (C=O) groups excluding carboxylic acids is 1. The Balaban J connectivity index is 2.64. The van der Waals surface area contributed by atoms with Gasteiger partial charge < -0.3 is 5.73 Å². The van der Waals surface area contributed by atoms with Crippen molar-refractivity contribution in [1.82, 2.24) is 0 Å². The maximum Gasteiger partial charge on any atom is 0.141 e. The van der Waals surface area contributed by atoms with Crippen LogP contribution >= 0.6 is 0 Å². The predicted molar refractivity (Wildman–Crippen MR) is 71.9 cm³/mol.